The molecule has 2 aromatic carbocycles. The standard InChI is InChI=1S/C22H19ClF3N3O5/c1-12(34-19(31)8-9-27-20(32)13-2-5-15(23)6-3-13)21(33)29-11-18(30)28-16-10-14(22(24,25)26)4-7-17(16)29/h2-7,10,12H,8-9,11H2,1H3,(H,27,32)(H,28,30). The Morgan fingerprint density at radius 3 is 2.50 bits per heavy atom. The van der Waals surface area contributed by atoms with Gasteiger partial charge in [0.25, 0.3) is 11.8 Å². The Labute approximate surface area is 197 Å². The van der Waals surface area contributed by atoms with E-state index < -0.39 is 48.1 Å². The average Bonchev–Trinajstić information content (AvgIpc) is 2.77. The summed E-state index contributed by atoms with van der Waals surface area (Å²) in [6.45, 7) is 0.773. The summed E-state index contributed by atoms with van der Waals surface area (Å²) in [5, 5.41) is 5.30. The fourth-order valence-corrected chi connectivity index (χ4v) is 3.30. The zero-order valence-electron chi connectivity index (χ0n) is 17.7. The number of esters is 1. The zero-order valence-corrected chi connectivity index (χ0v) is 18.5. The Morgan fingerprint density at radius 2 is 1.85 bits per heavy atom. The van der Waals surface area contributed by atoms with Crippen molar-refractivity contribution in [3.8, 4) is 0 Å². The number of carbonyl (C=O) groups is 4. The molecule has 3 amide bonds. The lowest BCUT2D eigenvalue weighted by Gasteiger charge is -2.31. The number of rotatable bonds is 6. The Hall–Kier alpha value is -3.60. The van der Waals surface area contributed by atoms with Gasteiger partial charge in [-0.1, -0.05) is 11.6 Å². The maximum Gasteiger partial charge on any atom is 0.416 e. The summed E-state index contributed by atoms with van der Waals surface area (Å²) in [5.41, 5.74) is -0.767. The van der Waals surface area contributed by atoms with Crippen molar-refractivity contribution in [1.82, 2.24) is 5.32 Å². The lowest BCUT2D eigenvalue weighted by atomic mass is 10.1. The van der Waals surface area contributed by atoms with Crippen LogP contribution in [0.25, 0.3) is 0 Å². The molecule has 1 aliphatic heterocycles. The van der Waals surface area contributed by atoms with Crippen LogP contribution in [0.5, 0.6) is 0 Å². The van der Waals surface area contributed by atoms with E-state index >= 15 is 0 Å². The molecule has 12 heteroatoms. The van der Waals surface area contributed by atoms with Gasteiger partial charge in [0, 0.05) is 17.1 Å². The smallest absolute Gasteiger partial charge is 0.416 e. The number of fused-ring (bicyclic) bond motifs is 1. The monoisotopic (exact) mass is 497 g/mol. The van der Waals surface area contributed by atoms with Gasteiger partial charge in [0.1, 0.15) is 6.54 Å². The lowest BCUT2D eigenvalue weighted by Crippen LogP contribution is -2.47. The molecule has 0 spiro atoms. The highest BCUT2D eigenvalue weighted by molar-refractivity contribution is 6.30. The molecule has 0 saturated carbocycles. The summed E-state index contributed by atoms with van der Waals surface area (Å²) in [6, 6.07) is 8.70. The predicted octanol–water partition coefficient (Wildman–Crippen LogP) is 3.40. The molecule has 1 heterocycles. The van der Waals surface area contributed by atoms with Crippen molar-refractivity contribution in [3.05, 3.63) is 58.6 Å². The van der Waals surface area contributed by atoms with Gasteiger partial charge in [0.05, 0.1) is 23.4 Å². The first-order chi connectivity index (χ1) is 16.0. The number of nitrogens with one attached hydrogen (secondary N) is 2. The predicted molar refractivity (Wildman–Crippen MR) is 116 cm³/mol. The van der Waals surface area contributed by atoms with E-state index in [-0.39, 0.29) is 24.3 Å². The highest BCUT2D eigenvalue weighted by Crippen LogP contribution is 2.37. The van der Waals surface area contributed by atoms with Crippen LogP contribution in [0.3, 0.4) is 0 Å². The number of hydrogen-bond donors (Lipinski definition) is 2. The summed E-state index contributed by atoms with van der Waals surface area (Å²) in [5.74, 6) is -2.69. The van der Waals surface area contributed by atoms with Crippen LogP contribution in [-0.2, 0) is 25.3 Å². The Bertz CT molecular complexity index is 1120. The molecule has 180 valence electrons. The van der Waals surface area contributed by atoms with Gasteiger partial charge >= 0.3 is 12.1 Å². The molecule has 0 bridgehead atoms. The van der Waals surface area contributed by atoms with Gasteiger partial charge in [-0.25, -0.2) is 0 Å². The van der Waals surface area contributed by atoms with E-state index in [1.54, 1.807) is 12.1 Å². The molecule has 1 unspecified atom stereocenters. The van der Waals surface area contributed by atoms with Crippen LogP contribution in [0.4, 0.5) is 24.5 Å². The molecule has 0 fully saturated rings. The Kier molecular flexibility index (Phi) is 7.45. The highest BCUT2D eigenvalue weighted by Gasteiger charge is 2.35. The number of amides is 3. The number of alkyl halides is 3. The van der Waals surface area contributed by atoms with Crippen molar-refractivity contribution in [1.29, 1.82) is 0 Å². The van der Waals surface area contributed by atoms with E-state index in [0.717, 1.165) is 23.1 Å². The van der Waals surface area contributed by atoms with Crippen molar-refractivity contribution in [2.24, 2.45) is 0 Å². The van der Waals surface area contributed by atoms with E-state index in [0.29, 0.717) is 10.6 Å². The van der Waals surface area contributed by atoms with E-state index in [1.807, 2.05) is 0 Å². The highest BCUT2D eigenvalue weighted by atomic mass is 35.5. The largest absolute Gasteiger partial charge is 0.452 e. The maximum absolute atomic E-state index is 13.0. The molecule has 0 aromatic heterocycles. The van der Waals surface area contributed by atoms with Gasteiger partial charge in [0.2, 0.25) is 5.91 Å². The van der Waals surface area contributed by atoms with Crippen LogP contribution in [0.2, 0.25) is 5.02 Å². The molecule has 1 atom stereocenters. The maximum atomic E-state index is 13.0. The van der Waals surface area contributed by atoms with Gasteiger partial charge in [-0.05, 0) is 49.4 Å². The van der Waals surface area contributed by atoms with Gasteiger partial charge in [-0.3, -0.25) is 24.1 Å². The number of nitrogens with zero attached hydrogens (tertiary/aromatic N) is 1. The molecule has 2 aromatic rings. The van der Waals surface area contributed by atoms with Crippen LogP contribution in [-0.4, -0.2) is 42.9 Å². The quantitative estimate of drug-likeness (QED) is 0.595. The molecular weight excluding hydrogens is 479 g/mol. The second-order valence-electron chi connectivity index (χ2n) is 7.35. The van der Waals surface area contributed by atoms with E-state index in [2.05, 4.69) is 10.6 Å². The van der Waals surface area contributed by atoms with Gasteiger partial charge < -0.3 is 15.4 Å². The molecule has 34 heavy (non-hydrogen) atoms. The average molecular weight is 498 g/mol. The summed E-state index contributed by atoms with van der Waals surface area (Å²) < 4.78 is 44.0. The summed E-state index contributed by atoms with van der Waals surface area (Å²) >= 11 is 5.76. The molecule has 0 radical (unpaired) electrons. The summed E-state index contributed by atoms with van der Waals surface area (Å²) in [4.78, 5) is 49.8. The third-order valence-corrected chi connectivity index (χ3v) is 5.09. The van der Waals surface area contributed by atoms with Gasteiger partial charge in [0.15, 0.2) is 6.10 Å². The second kappa shape index (κ2) is 10.1. The number of anilines is 2. The molecule has 2 N–H and O–H groups in total. The third-order valence-electron chi connectivity index (χ3n) is 4.83. The topological polar surface area (TPSA) is 105 Å². The number of ether oxygens (including phenoxy) is 1. The zero-order chi connectivity index (χ0) is 25.0. The fraction of sp³-hybridized carbons (Fsp3) is 0.273. The minimum absolute atomic E-state index is 0.0516. The fourth-order valence-electron chi connectivity index (χ4n) is 3.17. The van der Waals surface area contributed by atoms with Crippen molar-refractivity contribution < 1.29 is 37.1 Å². The van der Waals surface area contributed by atoms with Crippen LogP contribution in [0.1, 0.15) is 29.3 Å². The Morgan fingerprint density at radius 1 is 1.18 bits per heavy atom. The van der Waals surface area contributed by atoms with E-state index in [1.165, 1.54) is 19.1 Å². The minimum atomic E-state index is -4.63. The number of hydrogen-bond acceptors (Lipinski definition) is 5. The van der Waals surface area contributed by atoms with Crippen LogP contribution in [0.15, 0.2) is 42.5 Å². The molecular formula is C22H19ClF3N3O5. The van der Waals surface area contributed by atoms with Crippen molar-refractivity contribution in [2.75, 3.05) is 23.3 Å². The van der Waals surface area contributed by atoms with Crippen molar-refractivity contribution in [3.63, 3.8) is 0 Å². The summed E-state index contributed by atoms with van der Waals surface area (Å²) in [6.07, 6.45) is -6.18. The molecule has 8 nitrogen and oxygen atoms in total. The first-order valence-electron chi connectivity index (χ1n) is 10.0. The second-order valence-corrected chi connectivity index (χ2v) is 7.78. The van der Waals surface area contributed by atoms with Gasteiger partial charge in [-0.2, -0.15) is 13.2 Å². The normalized spacial score (nSPS) is 14.0. The lowest BCUT2D eigenvalue weighted by molar-refractivity contribution is -0.153. The van der Waals surface area contributed by atoms with E-state index in [4.69, 9.17) is 16.3 Å². The molecule has 0 saturated heterocycles. The first kappa shape index (κ1) is 25.0. The van der Waals surface area contributed by atoms with Gasteiger partial charge in [-0.15, -0.1) is 0 Å². The molecule has 0 aliphatic carbocycles. The molecule has 1 aliphatic rings. The first-order valence-corrected chi connectivity index (χ1v) is 10.4. The third kappa shape index (κ3) is 6.04. The minimum Gasteiger partial charge on any atom is -0.452 e. The van der Waals surface area contributed by atoms with Crippen LogP contribution >= 0.6 is 11.6 Å². The van der Waals surface area contributed by atoms with Crippen LogP contribution in [0, 0.1) is 0 Å². The molecule has 3 rings (SSSR count). The Balaban J connectivity index is 1.58. The van der Waals surface area contributed by atoms with E-state index in [9.17, 15) is 32.3 Å². The van der Waals surface area contributed by atoms with Crippen molar-refractivity contribution in [2.45, 2.75) is 25.6 Å². The number of halogens is 4. The van der Waals surface area contributed by atoms with Crippen molar-refractivity contribution >= 4 is 46.7 Å². The number of carbonyl (C=O) groups excluding carboxylic acids is 4. The van der Waals surface area contributed by atoms with Crippen LogP contribution < -0.4 is 15.5 Å². The number of benzene rings is 2. The SMILES string of the molecule is CC(OC(=O)CCNC(=O)c1ccc(Cl)cc1)C(=O)N1CC(=O)Nc2cc(C(F)(F)F)ccc21. The summed E-state index contributed by atoms with van der Waals surface area (Å²) in [7, 11) is 0.